The molecule has 1 amide bonds. The van der Waals surface area contributed by atoms with Crippen molar-refractivity contribution in [1.29, 1.82) is 0 Å². The van der Waals surface area contributed by atoms with Crippen LogP contribution in [0.5, 0.6) is 11.5 Å². The topological polar surface area (TPSA) is 71.0 Å². The average Bonchev–Trinajstić information content (AvgIpc) is 3.63. The van der Waals surface area contributed by atoms with Gasteiger partial charge in [0, 0.05) is 18.7 Å². The number of benzene rings is 2. The van der Waals surface area contributed by atoms with Crippen LogP contribution >= 0.6 is 0 Å². The zero-order valence-electron chi connectivity index (χ0n) is 18.1. The highest BCUT2D eigenvalue weighted by molar-refractivity contribution is 5.94. The summed E-state index contributed by atoms with van der Waals surface area (Å²) in [6.45, 7) is 2.99. The number of aliphatic hydroxyl groups is 1. The van der Waals surface area contributed by atoms with Crippen LogP contribution in [0.25, 0.3) is 0 Å². The third-order valence-corrected chi connectivity index (χ3v) is 6.05. The van der Waals surface area contributed by atoms with Crippen LogP contribution in [0.2, 0.25) is 0 Å². The van der Waals surface area contributed by atoms with Gasteiger partial charge in [0.25, 0.3) is 5.91 Å². The number of hydrogen-bond donors (Lipinski definition) is 2. The Morgan fingerprint density at radius 2 is 1.94 bits per heavy atom. The molecule has 1 saturated carbocycles. The Bertz CT molecular complexity index is 866. The fourth-order valence-corrected chi connectivity index (χ4v) is 3.98. The first-order valence-electron chi connectivity index (χ1n) is 11.2. The second-order valence-corrected chi connectivity index (χ2v) is 8.65. The molecule has 6 heteroatoms. The van der Waals surface area contributed by atoms with Crippen LogP contribution in [0.4, 0.5) is 0 Å². The minimum Gasteiger partial charge on any atom is -0.497 e. The highest BCUT2D eigenvalue weighted by Gasteiger charge is 2.27. The molecule has 2 N–H and O–H groups in total. The maximum atomic E-state index is 12.8. The molecule has 1 heterocycles. The third kappa shape index (κ3) is 6.21. The Hall–Kier alpha value is -2.57. The molecule has 0 radical (unpaired) electrons. The van der Waals surface area contributed by atoms with E-state index in [0.29, 0.717) is 24.4 Å². The van der Waals surface area contributed by atoms with Crippen molar-refractivity contribution in [1.82, 2.24) is 10.2 Å². The lowest BCUT2D eigenvalue weighted by molar-refractivity contribution is 0.0798. The molecule has 31 heavy (non-hydrogen) atoms. The van der Waals surface area contributed by atoms with Gasteiger partial charge in [0.15, 0.2) is 0 Å². The molecule has 0 spiro atoms. The fourth-order valence-electron chi connectivity index (χ4n) is 3.98. The zero-order chi connectivity index (χ0) is 21.6. The average molecular weight is 425 g/mol. The van der Waals surface area contributed by atoms with Gasteiger partial charge >= 0.3 is 0 Å². The van der Waals surface area contributed by atoms with Gasteiger partial charge in [0.1, 0.15) is 11.5 Å². The summed E-state index contributed by atoms with van der Waals surface area (Å²) in [6.07, 6.45) is 3.51. The molecule has 2 fully saturated rings. The van der Waals surface area contributed by atoms with Gasteiger partial charge in [0.05, 0.1) is 25.9 Å². The van der Waals surface area contributed by atoms with Crippen molar-refractivity contribution >= 4 is 5.91 Å². The quantitative estimate of drug-likeness (QED) is 0.681. The predicted molar refractivity (Wildman–Crippen MR) is 119 cm³/mol. The van der Waals surface area contributed by atoms with Crippen molar-refractivity contribution in [2.24, 2.45) is 5.92 Å². The Morgan fingerprint density at radius 1 is 1.13 bits per heavy atom. The number of hydrogen-bond acceptors (Lipinski definition) is 5. The van der Waals surface area contributed by atoms with Crippen LogP contribution in [0.3, 0.4) is 0 Å². The molecule has 0 unspecified atom stereocenters. The molecule has 2 aromatic rings. The minimum absolute atomic E-state index is 0.166. The number of ether oxygens (including phenoxy) is 2. The third-order valence-electron chi connectivity index (χ3n) is 6.05. The molecule has 0 aromatic heterocycles. The molecule has 1 saturated heterocycles. The van der Waals surface area contributed by atoms with Crippen LogP contribution < -0.4 is 14.8 Å². The van der Waals surface area contributed by atoms with Gasteiger partial charge in [-0.3, -0.25) is 9.69 Å². The first-order chi connectivity index (χ1) is 15.1. The second-order valence-electron chi connectivity index (χ2n) is 8.65. The lowest BCUT2D eigenvalue weighted by atomic mass is 10.1. The van der Waals surface area contributed by atoms with Gasteiger partial charge in [-0.1, -0.05) is 12.1 Å². The van der Waals surface area contributed by atoms with E-state index in [1.54, 1.807) is 19.2 Å². The molecule has 0 bridgehead atoms. The summed E-state index contributed by atoms with van der Waals surface area (Å²) in [5, 5.41) is 13.6. The van der Waals surface area contributed by atoms with Crippen LogP contribution in [0.1, 0.15) is 41.6 Å². The smallest absolute Gasteiger partial charge is 0.251 e. The number of carbonyl (C=O) groups is 1. The van der Waals surface area contributed by atoms with Crippen molar-refractivity contribution < 1.29 is 19.4 Å². The monoisotopic (exact) mass is 424 g/mol. The van der Waals surface area contributed by atoms with Gasteiger partial charge in [-0.05, 0) is 80.1 Å². The summed E-state index contributed by atoms with van der Waals surface area (Å²) in [5.41, 5.74) is 1.73. The molecule has 2 aliphatic rings. The number of likely N-dealkylation sites (tertiary alicyclic amines) is 1. The van der Waals surface area contributed by atoms with Crippen LogP contribution in [0, 0.1) is 5.92 Å². The van der Waals surface area contributed by atoms with Crippen molar-refractivity contribution in [2.45, 2.75) is 44.4 Å². The summed E-state index contributed by atoms with van der Waals surface area (Å²) >= 11 is 0. The molecular weight excluding hydrogens is 392 g/mol. The standard InChI is InChI=1S/C25H32N2O4/c1-30-22-5-2-4-19(14-22)15-27-13-3-6-24(28)23(16-27)26-25(29)20-9-11-21(12-10-20)31-17-18-7-8-18/h2,4-5,9-12,14,18,23-24,28H,3,6-8,13,15-17H2,1H3,(H,26,29)/t23-,24-/m1/s1. The maximum absolute atomic E-state index is 12.8. The van der Waals surface area contributed by atoms with Crippen LogP contribution in [-0.4, -0.2) is 54.9 Å². The summed E-state index contributed by atoms with van der Waals surface area (Å²) in [7, 11) is 1.67. The molecule has 1 aliphatic heterocycles. The molecule has 2 atom stereocenters. The van der Waals surface area contributed by atoms with Gasteiger partial charge in [-0.25, -0.2) is 0 Å². The van der Waals surface area contributed by atoms with E-state index in [0.717, 1.165) is 43.2 Å². The minimum atomic E-state index is -0.555. The number of amides is 1. The van der Waals surface area contributed by atoms with Gasteiger partial charge < -0.3 is 19.9 Å². The molecule has 1 aliphatic carbocycles. The number of carbonyl (C=O) groups excluding carboxylic acids is 1. The van der Waals surface area contributed by atoms with Crippen molar-refractivity contribution in [2.75, 3.05) is 26.8 Å². The SMILES string of the molecule is COc1cccc(CN2CCC[C@@H](O)[C@H](NC(=O)c3ccc(OCC4CC4)cc3)C2)c1. The van der Waals surface area contributed by atoms with E-state index in [4.69, 9.17) is 9.47 Å². The van der Waals surface area contributed by atoms with Crippen molar-refractivity contribution in [3.63, 3.8) is 0 Å². The highest BCUT2D eigenvalue weighted by Crippen LogP contribution is 2.29. The first-order valence-corrected chi connectivity index (χ1v) is 11.2. The van der Waals surface area contributed by atoms with Gasteiger partial charge in [-0.2, -0.15) is 0 Å². The molecule has 2 aromatic carbocycles. The van der Waals surface area contributed by atoms with E-state index >= 15 is 0 Å². The van der Waals surface area contributed by atoms with E-state index in [1.165, 1.54) is 12.8 Å². The number of nitrogens with one attached hydrogen (secondary N) is 1. The predicted octanol–water partition coefficient (Wildman–Crippen LogP) is 3.24. The number of rotatable bonds is 8. The molecule has 166 valence electrons. The zero-order valence-corrected chi connectivity index (χ0v) is 18.1. The molecular formula is C25H32N2O4. The fraction of sp³-hybridized carbons (Fsp3) is 0.480. The van der Waals surface area contributed by atoms with E-state index in [-0.39, 0.29) is 11.9 Å². The number of methoxy groups -OCH3 is 1. The van der Waals surface area contributed by atoms with E-state index < -0.39 is 6.10 Å². The number of aliphatic hydroxyl groups excluding tert-OH is 1. The van der Waals surface area contributed by atoms with Crippen LogP contribution in [0.15, 0.2) is 48.5 Å². The summed E-state index contributed by atoms with van der Waals surface area (Å²) in [6, 6.07) is 15.0. The Balaban J connectivity index is 1.35. The van der Waals surface area contributed by atoms with E-state index in [9.17, 15) is 9.90 Å². The van der Waals surface area contributed by atoms with E-state index in [2.05, 4.69) is 16.3 Å². The van der Waals surface area contributed by atoms with Gasteiger partial charge in [-0.15, -0.1) is 0 Å². The van der Waals surface area contributed by atoms with Crippen molar-refractivity contribution in [3.8, 4) is 11.5 Å². The summed E-state index contributed by atoms with van der Waals surface area (Å²) in [4.78, 5) is 15.1. The first kappa shape index (κ1) is 21.7. The van der Waals surface area contributed by atoms with Crippen LogP contribution in [-0.2, 0) is 6.54 Å². The summed E-state index contributed by atoms with van der Waals surface area (Å²) in [5.74, 6) is 2.16. The Morgan fingerprint density at radius 3 is 2.68 bits per heavy atom. The summed E-state index contributed by atoms with van der Waals surface area (Å²) < 4.78 is 11.1. The Kier molecular flexibility index (Phi) is 7.10. The lowest BCUT2D eigenvalue weighted by Gasteiger charge is -2.27. The van der Waals surface area contributed by atoms with Gasteiger partial charge in [0.2, 0.25) is 0 Å². The lowest BCUT2D eigenvalue weighted by Crippen LogP contribution is -2.48. The maximum Gasteiger partial charge on any atom is 0.251 e. The number of nitrogens with zero attached hydrogens (tertiary/aromatic N) is 1. The van der Waals surface area contributed by atoms with Crippen molar-refractivity contribution in [3.05, 3.63) is 59.7 Å². The largest absolute Gasteiger partial charge is 0.497 e. The normalized spacial score (nSPS) is 21.9. The molecule has 4 rings (SSSR count). The second kappa shape index (κ2) is 10.2. The van der Waals surface area contributed by atoms with E-state index in [1.807, 2.05) is 30.3 Å². The molecule has 6 nitrogen and oxygen atoms in total. The highest BCUT2D eigenvalue weighted by atomic mass is 16.5. The Labute approximate surface area is 184 Å².